The van der Waals surface area contributed by atoms with E-state index in [-0.39, 0.29) is 17.3 Å². The number of rotatable bonds is 1. The van der Waals surface area contributed by atoms with Crippen LogP contribution in [0.15, 0.2) is 11.0 Å². The normalized spacial score (nSPS) is 10.9. The van der Waals surface area contributed by atoms with Gasteiger partial charge in [-0.3, -0.25) is 4.55 Å². The van der Waals surface area contributed by atoms with E-state index < -0.39 is 10.1 Å². The van der Waals surface area contributed by atoms with Crippen molar-refractivity contribution in [3.05, 3.63) is 15.8 Å². The first-order valence-corrected chi connectivity index (χ1v) is 5.21. The lowest BCUT2D eigenvalue weighted by atomic mass is 10.4. The highest BCUT2D eigenvalue weighted by atomic mass is 35.5. The van der Waals surface area contributed by atoms with Gasteiger partial charge in [0.2, 0.25) is 0 Å². The highest BCUT2D eigenvalue weighted by Gasteiger charge is 2.14. The first-order valence-electron chi connectivity index (χ1n) is 2.96. The highest BCUT2D eigenvalue weighted by molar-refractivity contribution is 7.86. The molecule has 0 aliphatic heterocycles. The van der Waals surface area contributed by atoms with Gasteiger partial charge in [-0.1, -0.05) is 0 Å². The van der Waals surface area contributed by atoms with E-state index in [4.69, 9.17) is 4.55 Å². The molecule has 3 nitrogen and oxygen atoms in total. The van der Waals surface area contributed by atoms with Crippen LogP contribution in [0.5, 0.6) is 0 Å². The predicted molar refractivity (Wildman–Crippen MR) is 50.9 cm³/mol. The van der Waals surface area contributed by atoms with E-state index in [2.05, 4.69) is 0 Å². The molecule has 0 bridgehead atoms. The lowest BCUT2D eigenvalue weighted by molar-refractivity contribution is 0.483. The van der Waals surface area contributed by atoms with Gasteiger partial charge in [0.05, 0.1) is 0 Å². The van der Waals surface area contributed by atoms with Crippen molar-refractivity contribution in [2.45, 2.75) is 18.7 Å². The minimum absolute atomic E-state index is 0. The summed E-state index contributed by atoms with van der Waals surface area (Å²) in [4.78, 5) is 1.54. The smallest absolute Gasteiger partial charge is 0.282 e. The molecule has 0 aromatic carbocycles. The molecule has 6 heteroatoms. The summed E-state index contributed by atoms with van der Waals surface area (Å²) in [6.45, 7) is 3.47. The second-order valence-electron chi connectivity index (χ2n) is 2.25. The Kier molecular flexibility index (Phi) is 3.71. The predicted octanol–water partition coefficient (Wildman–Crippen LogP) is 2.03. The van der Waals surface area contributed by atoms with Crippen LogP contribution >= 0.6 is 23.7 Å². The molecular formula is C6H9ClO3S2. The fraction of sp³-hybridized carbons (Fsp3) is 0.333. The van der Waals surface area contributed by atoms with Crippen LogP contribution in [0.1, 0.15) is 9.75 Å². The maximum Gasteiger partial charge on any atom is 0.295 e. The molecule has 1 aromatic rings. The largest absolute Gasteiger partial charge is 0.295 e. The van der Waals surface area contributed by atoms with Crippen LogP contribution < -0.4 is 0 Å². The number of thiophene rings is 1. The summed E-state index contributed by atoms with van der Waals surface area (Å²) in [5.74, 6) is 0. The summed E-state index contributed by atoms with van der Waals surface area (Å²) in [5.41, 5.74) is 0. The topological polar surface area (TPSA) is 54.4 Å². The average Bonchev–Trinajstić information content (AvgIpc) is 2.08. The average molecular weight is 229 g/mol. The Bertz CT molecular complexity index is 366. The number of hydrogen-bond donors (Lipinski definition) is 1. The molecule has 0 radical (unpaired) electrons. The standard InChI is InChI=1S/C6H8O3S2.ClH/c1-4-3-6(5(2)10-4)11(7,8)9;/h3H,1-2H3,(H,7,8,9);1H. The molecule has 0 aliphatic carbocycles. The zero-order valence-electron chi connectivity index (χ0n) is 6.57. The van der Waals surface area contributed by atoms with E-state index in [1.807, 2.05) is 0 Å². The Labute approximate surface area is 81.6 Å². The summed E-state index contributed by atoms with van der Waals surface area (Å²) in [7, 11) is -4.00. The van der Waals surface area contributed by atoms with Crippen LogP contribution in [0, 0.1) is 13.8 Å². The number of aryl methyl sites for hydroxylation is 2. The summed E-state index contributed by atoms with van der Waals surface area (Å²) in [6.07, 6.45) is 0. The summed E-state index contributed by atoms with van der Waals surface area (Å²) >= 11 is 1.36. The lowest BCUT2D eigenvalue weighted by Crippen LogP contribution is -1.96. The van der Waals surface area contributed by atoms with Crippen molar-refractivity contribution in [1.29, 1.82) is 0 Å². The van der Waals surface area contributed by atoms with Crippen LogP contribution in [-0.4, -0.2) is 13.0 Å². The molecule has 0 saturated carbocycles. The Morgan fingerprint density at radius 1 is 1.42 bits per heavy atom. The van der Waals surface area contributed by atoms with Gasteiger partial charge in [0, 0.05) is 9.75 Å². The first-order chi connectivity index (χ1) is 4.91. The van der Waals surface area contributed by atoms with E-state index in [0.717, 1.165) is 4.88 Å². The Morgan fingerprint density at radius 2 is 1.92 bits per heavy atom. The van der Waals surface area contributed by atoms with Gasteiger partial charge in [-0.25, -0.2) is 0 Å². The summed E-state index contributed by atoms with van der Waals surface area (Å²) in [5, 5.41) is 0. The van der Waals surface area contributed by atoms with Crippen LogP contribution in [0.25, 0.3) is 0 Å². The molecule has 1 rings (SSSR count). The third-order valence-corrected chi connectivity index (χ3v) is 3.35. The van der Waals surface area contributed by atoms with Crippen molar-refractivity contribution in [1.82, 2.24) is 0 Å². The number of halogens is 1. The van der Waals surface area contributed by atoms with Crippen molar-refractivity contribution >= 4 is 33.9 Å². The molecule has 0 fully saturated rings. The van der Waals surface area contributed by atoms with Gasteiger partial charge < -0.3 is 0 Å². The fourth-order valence-corrected chi connectivity index (χ4v) is 2.89. The Hall–Kier alpha value is -0.100. The molecule has 12 heavy (non-hydrogen) atoms. The van der Waals surface area contributed by atoms with E-state index in [0.29, 0.717) is 4.88 Å². The molecule has 0 saturated heterocycles. The van der Waals surface area contributed by atoms with Gasteiger partial charge in [0.1, 0.15) is 4.90 Å². The minimum Gasteiger partial charge on any atom is -0.282 e. The maximum atomic E-state index is 10.6. The SMILES string of the molecule is Cc1cc(S(=O)(=O)O)c(C)s1.Cl. The van der Waals surface area contributed by atoms with Gasteiger partial charge in [-0.15, -0.1) is 23.7 Å². The van der Waals surface area contributed by atoms with Crippen molar-refractivity contribution < 1.29 is 13.0 Å². The lowest BCUT2D eigenvalue weighted by Gasteiger charge is -1.90. The van der Waals surface area contributed by atoms with Crippen molar-refractivity contribution in [2.24, 2.45) is 0 Å². The fourth-order valence-electron chi connectivity index (χ4n) is 0.864. The van der Waals surface area contributed by atoms with Crippen LogP contribution in [0.2, 0.25) is 0 Å². The van der Waals surface area contributed by atoms with E-state index in [1.54, 1.807) is 13.8 Å². The Balaban J connectivity index is 0.00000121. The van der Waals surface area contributed by atoms with Gasteiger partial charge in [0.15, 0.2) is 0 Å². The van der Waals surface area contributed by atoms with Crippen molar-refractivity contribution in [2.75, 3.05) is 0 Å². The van der Waals surface area contributed by atoms with E-state index in [1.165, 1.54) is 17.4 Å². The molecule has 0 amide bonds. The van der Waals surface area contributed by atoms with Crippen LogP contribution in [0.3, 0.4) is 0 Å². The van der Waals surface area contributed by atoms with Crippen LogP contribution in [-0.2, 0) is 10.1 Å². The van der Waals surface area contributed by atoms with E-state index >= 15 is 0 Å². The maximum absolute atomic E-state index is 10.6. The highest BCUT2D eigenvalue weighted by Crippen LogP contribution is 2.24. The minimum atomic E-state index is -4.00. The van der Waals surface area contributed by atoms with Gasteiger partial charge in [-0.05, 0) is 19.9 Å². The van der Waals surface area contributed by atoms with Gasteiger partial charge in [0.25, 0.3) is 10.1 Å². The monoisotopic (exact) mass is 228 g/mol. The molecule has 1 heterocycles. The first kappa shape index (κ1) is 11.9. The quantitative estimate of drug-likeness (QED) is 0.749. The Morgan fingerprint density at radius 3 is 2.08 bits per heavy atom. The van der Waals surface area contributed by atoms with Gasteiger partial charge in [-0.2, -0.15) is 8.42 Å². The molecular weight excluding hydrogens is 220 g/mol. The zero-order chi connectivity index (χ0) is 8.65. The van der Waals surface area contributed by atoms with Crippen molar-refractivity contribution in [3.63, 3.8) is 0 Å². The molecule has 70 valence electrons. The number of hydrogen-bond acceptors (Lipinski definition) is 3. The molecule has 0 spiro atoms. The molecule has 1 aromatic heterocycles. The second-order valence-corrected chi connectivity index (χ2v) is 5.10. The third-order valence-electron chi connectivity index (χ3n) is 1.27. The summed E-state index contributed by atoms with van der Waals surface area (Å²) < 4.78 is 29.9. The van der Waals surface area contributed by atoms with Crippen molar-refractivity contribution in [3.8, 4) is 0 Å². The molecule has 0 atom stereocenters. The second kappa shape index (κ2) is 3.74. The van der Waals surface area contributed by atoms with Gasteiger partial charge >= 0.3 is 0 Å². The third kappa shape index (κ3) is 2.45. The zero-order valence-corrected chi connectivity index (χ0v) is 9.02. The molecule has 0 aliphatic rings. The molecule has 1 N–H and O–H groups in total. The van der Waals surface area contributed by atoms with E-state index in [9.17, 15) is 8.42 Å². The van der Waals surface area contributed by atoms with Crippen LogP contribution in [0.4, 0.5) is 0 Å². The molecule has 0 unspecified atom stereocenters. The summed E-state index contributed by atoms with van der Waals surface area (Å²) in [6, 6.07) is 1.47.